The summed E-state index contributed by atoms with van der Waals surface area (Å²) in [6.45, 7) is 3.57. The van der Waals surface area contributed by atoms with Crippen LogP contribution in [0.25, 0.3) is 0 Å². The second-order valence-corrected chi connectivity index (χ2v) is 5.82. The predicted molar refractivity (Wildman–Crippen MR) is 57.8 cm³/mol. The van der Waals surface area contributed by atoms with Crippen molar-refractivity contribution in [1.82, 2.24) is 0 Å². The van der Waals surface area contributed by atoms with Gasteiger partial charge in [-0.05, 0) is 48.2 Å². The molecule has 0 N–H and O–H groups in total. The smallest absolute Gasteiger partial charge is 0.307 e. The van der Waals surface area contributed by atoms with Crippen LogP contribution in [0.1, 0.15) is 26.7 Å². The van der Waals surface area contributed by atoms with E-state index in [1.165, 1.54) is 12.0 Å². The highest BCUT2D eigenvalue weighted by Crippen LogP contribution is 2.18. The number of hydrogen-bond donors (Lipinski definition) is 0. The lowest BCUT2D eigenvalue weighted by molar-refractivity contribution is -0.149. The lowest BCUT2D eigenvalue weighted by Crippen LogP contribution is -2.20. The van der Waals surface area contributed by atoms with Crippen LogP contribution in [0.3, 0.4) is 0 Å². The van der Waals surface area contributed by atoms with E-state index >= 15 is 0 Å². The highest BCUT2D eigenvalue weighted by atomic mass is 79.9. The molecule has 0 aromatic heterocycles. The molecular formula is C8H15BrO3S. The monoisotopic (exact) mass is 270 g/mol. The number of alkyl halides is 1. The molecule has 0 fully saturated rings. The highest BCUT2D eigenvalue weighted by molar-refractivity contribution is 9.10. The van der Waals surface area contributed by atoms with Crippen molar-refractivity contribution in [2.75, 3.05) is 12.9 Å². The molecule has 0 aromatic rings. The normalized spacial score (nSPS) is 11.4. The molecule has 0 aromatic carbocycles. The molecule has 78 valence electrons. The Morgan fingerprint density at radius 1 is 1.54 bits per heavy atom. The second kappa shape index (κ2) is 6.68. The molecule has 0 heterocycles. The summed E-state index contributed by atoms with van der Waals surface area (Å²) < 4.78 is 9.27. The fourth-order valence-corrected chi connectivity index (χ4v) is 1.29. The van der Waals surface area contributed by atoms with Crippen LogP contribution in [0.4, 0.5) is 0 Å². The van der Waals surface area contributed by atoms with Crippen LogP contribution >= 0.6 is 28.0 Å². The number of rotatable bonds is 6. The van der Waals surface area contributed by atoms with Crippen LogP contribution in [0, 0.1) is 0 Å². The molecule has 0 unspecified atom stereocenters. The van der Waals surface area contributed by atoms with E-state index in [1.54, 1.807) is 21.0 Å². The summed E-state index contributed by atoms with van der Waals surface area (Å²) in [5.41, 5.74) is 0. The highest BCUT2D eigenvalue weighted by Gasteiger charge is 2.17. The van der Waals surface area contributed by atoms with Gasteiger partial charge in [0.15, 0.2) is 4.51 Å². The van der Waals surface area contributed by atoms with Gasteiger partial charge in [0.1, 0.15) is 0 Å². The Morgan fingerprint density at radius 2 is 2.15 bits per heavy atom. The number of ether oxygens (including phenoxy) is 1. The number of halogens is 1. The summed E-state index contributed by atoms with van der Waals surface area (Å²) in [6.07, 6.45) is 1.21. The average Bonchev–Trinajstić information content (AvgIpc) is 1.94. The fourth-order valence-electron chi connectivity index (χ4n) is 0.680. The molecule has 0 spiro atoms. The quantitative estimate of drug-likeness (QED) is 0.322. The lowest BCUT2D eigenvalue weighted by Gasteiger charge is -2.17. The number of carbonyl (C=O) groups is 1. The van der Waals surface area contributed by atoms with Crippen molar-refractivity contribution < 1.29 is 13.7 Å². The Labute approximate surface area is 91.9 Å². The van der Waals surface area contributed by atoms with Crippen LogP contribution in [-0.2, 0) is 13.7 Å². The fraction of sp³-hybridized carbons (Fsp3) is 0.875. The van der Waals surface area contributed by atoms with Gasteiger partial charge in [-0.25, -0.2) is 0 Å². The molecular weight excluding hydrogens is 256 g/mol. The zero-order valence-corrected chi connectivity index (χ0v) is 10.5. The number of esters is 1. The van der Waals surface area contributed by atoms with Crippen molar-refractivity contribution in [1.29, 1.82) is 0 Å². The molecule has 0 atom stereocenters. The molecule has 0 aliphatic rings. The molecule has 0 saturated heterocycles. The first-order chi connectivity index (χ1) is 5.95. The van der Waals surface area contributed by atoms with E-state index in [9.17, 15) is 4.79 Å². The van der Waals surface area contributed by atoms with E-state index in [4.69, 9.17) is 8.92 Å². The van der Waals surface area contributed by atoms with E-state index in [0.717, 1.165) is 12.2 Å². The van der Waals surface area contributed by atoms with E-state index in [1.807, 2.05) is 0 Å². The maximum absolute atomic E-state index is 11.1. The van der Waals surface area contributed by atoms with Crippen LogP contribution in [-0.4, -0.2) is 23.3 Å². The van der Waals surface area contributed by atoms with E-state index in [0.29, 0.717) is 6.42 Å². The molecule has 0 aliphatic carbocycles. The van der Waals surface area contributed by atoms with Crippen LogP contribution in [0.2, 0.25) is 0 Å². The first kappa shape index (κ1) is 13.3. The summed E-state index contributed by atoms with van der Waals surface area (Å²) in [5.74, 6) is 0.632. The molecule has 0 saturated carbocycles. The van der Waals surface area contributed by atoms with Gasteiger partial charge in [-0.2, -0.15) is 0 Å². The minimum absolute atomic E-state index is 0.182. The molecule has 0 rings (SSSR count). The van der Waals surface area contributed by atoms with Crippen molar-refractivity contribution in [2.24, 2.45) is 0 Å². The van der Waals surface area contributed by atoms with Gasteiger partial charge in [-0.15, -0.1) is 0 Å². The zero-order chi connectivity index (χ0) is 10.3. The molecule has 0 amide bonds. The van der Waals surface area contributed by atoms with Crippen molar-refractivity contribution in [3.63, 3.8) is 0 Å². The lowest BCUT2D eigenvalue weighted by atomic mass is 10.3. The summed E-state index contributed by atoms with van der Waals surface area (Å²) in [7, 11) is 1.62. The largest absolute Gasteiger partial charge is 0.448 e. The first-order valence-electron chi connectivity index (χ1n) is 4.02. The van der Waals surface area contributed by atoms with E-state index < -0.39 is 4.51 Å². The molecule has 3 nitrogen and oxygen atoms in total. The molecule has 5 heteroatoms. The Balaban J connectivity index is 3.41. The minimum Gasteiger partial charge on any atom is -0.448 e. The van der Waals surface area contributed by atoms with Gasteiger partial charge in [0.05, 0.1) is 7.11 Å². The van der Waals surface area contributed by atoms with Gasteiger partial charge in [0, 0.05) is 12.2 Å². The van der Waals surface area contributed by atoms with Gasteiger partial charge in [-0.1, -0.05) is 0 Å². The standard InChI is InChI=1S/C8H15BrO3S/c1-8(2,9)12-7(10)5-4-6-13-11-3/h4-6H2,1-3H3. The molecule has 0 aliphatic heterocycles. The van der Waals surface area contributed by atoms with E-state index in [2.05, 4.69) is 15.9 Å². The van der Waals surface area contributed by atoms with Crippen LogP contribution in [0.5, 0.6) is 0 Å². The maximum Gasteiger partial charge on any atom is 0.307 e. The summed E-state index contributed by atoms with van der Waals surface area (Å²) in [4.78, 5) is 11.1. The average molecular weight is 271 g/mol. The van der Waals surface area contributed by atoms with E-state index in [-0.39, 0.29) is 5.97 Å². The van der Waals surface area contributed by atoms with Crippen molar-refractivity contribution in [3.8, 4) is 0 Å². The zero-order valence-electron chi connectivity index (χ0n) is 8.13. The SMILES string of the molecule is COSCCCC(=O)OC(C)(C)Br. The van der Waals surface area contributed by atoms with Crippen LogP contribution in [0.15, 0.2) is 0 Å². The third-order valence-corrected chi connectivity index (χ3v) is 1.94. The van der Waals surface area contributed by atoms with Gasteiger partial charge in [0.25, 0.3) is 0 Å². The molecule has 0 bridgehead atoms. The van der Waals surface area contributed by atoms with Crippen molar-refractivity contribution >= 4 is 33.9 Å². The third kappa shape index (κ3) is 10.2. The third-order valence-electron chi connectivity index (χ3n) is 1.08. The Bertz CT molecular complexity index is 156. The Kier molecular flexibility index (Phi) is 6.81. The predicted octanol–water partition coefficient (Wildman–Crippen LogP) is 2.74. The van der Waals surface area contributed by atoms with Crippen molar-refractivity contribution in [2.45, 2.75) is 31.2 Å². The Hall–Kier alpha value is 0.260. The second-order valence-electron chi connectivity index (χ2n) is 2.93. The first-order valence-corrected chi connectivity index (χ1v) is 5.72. The van der Waals surface area contributed by atoms with Gasteiger partial charge >= 0.3 is 5.97 Å². The number of carbonyl (C=O) groups excluding carboxylic acids is 1. The molecule has 13 heavy (non-hydrogen) atoms. The van der Waals surface area contributed by atoms with Crippen molar-refractivity contribution in [3.05, 3.63) is 0 Å². The topological polar surface area (TPSA) is 35.5 Å². The minimum atomic E-state index is -0.557. The Morgan fingerprint density at radius 3 is 2.62 bits per heavy atom. The molecule has 0 radical (unpaired) electrons. The summed E-state index contributed by atoms with van der Waals surface area (Å²) in [5, 5.41) is 0. The maximum atomic E-state index is 11.1. The van der Waals surface area contributed by atoms with Gasteiger partial charge in [0.2, 0.25) is 0 Å². The van der Waals surface area contributed by atoms with Gasteiger partial charge < -0.3 is 8.92 Å². The van der Waals surface area contributed by atoms with Gasteiger partial charge in [-0.3, -0.25) is 4.79 Å². The summed E-state index contributed by atoms with van der Waals surface area (Å²) in [6, 6.07) is 0. The van der Waals surface area contributed by atoms with Crippen LogP contribution < -0.4 is 0 Å². The number of hydrogen-bond acceptors (Lipinski definition) is 4. The summed E-state index contributed by atoms with van der Waals surface area (Å²) >= 11 is 4.58.